The van der Waals surface area contributed by atoms with Crippen molar-refractivity contribution in [3.63, 3.8) is 0 Å². The standard InChI is InChI=1S/C26H33ClN2O2/c1-19-9-8-10-21(17-19)18-29(20(2)26(31)28-23-12-4-3-5-13-23)25(30)16-15-22-11-6-7-14-24(22)27/h6-11,14,17,20,23H,3-5,12-13,15-16,18H2,1-2H3,(H,28,31). The minimum absolute atomic E-state index is 0.0345. The van der Waals surface area contributed by atoms with Crippen LogP contribution in [-0.4, -0.2) is 28.8 Å². The second-order valence-corrected chi connectivity index (χ2v) is 9.03. The molecule has 2 amide bonds. The molecule has 1 aliphatic carbocycles. The Kier molecular flexibility index (Phi) is 8.53. The number of hydrogen-bond donors (Lipinski definition) is 1. The lowest BCUT2D eigenvalue weighted by Gasteiger charge is -2.31. The molecule has 31 heavy (non-hydrogen) atoms. The van der Waals surface area contributed by atoms with Crippen molar-refractivity contribution in [3.8, 4) is 0 Å². The van der Waals surface area contributed by atoms with Crippen molar-refractivity contribution < 1.29 is 9.59 Å². The molecule has 0 heterocycles. The van der Waals surface area contributed by atoms with Crippen molar-refractivity contribution in [2.75, 3.05) is 0 Å². The Morgan fingerprint density at radius 2 is 1.84 bits per heavy atom. The molecule has 3 rings (SSSR count). The van der Waals surface area contributed by atoms with Crippen LogP contribution in [0.3, 0.4) is 0 Å². The van der Waals surface area contributed by atoms with E-state index in [1.165, 1.54) is 6.42 Å². The second kappa shape index (κ2) is 11.3. The first-order chi connectivity index (χ1) is 14.9. The van der Waals surface area contributed by atoms with Crippen LogP contribution >= 0.6 is 11.6 Å². The molecular weight excluding hydrogens is 408 g/mol. The van der Waals surface area contributed by atoms with Crippen LogP contribution in [0.5, 0.6) is 0 Å². The van der Waals surface area contributed by atoms with Crippen LogP contribution in [-0.2, 0) is 22.6 Å². The number of carbonyl (C=O) groups is 2. The largest absolute Gasteiger partial charge is 0.352 e. The SMILES string of the molecule is Cc1cccc(CN(C(=O)CCc2ccccc2Cl)C(C)C(=O)NC2CCCCC2)c1. The molecule has 1 aliphatic rings. The number of carbonyl (C=O) groups excluding carboxylic acids is 2. The zero-order valence-corrected chi connectivity index (χ0v) is 19.3. The van der Waals surface area contributed by atoms with Crippen molar-refractivity contribution >= 4 is 23.4 Å². The lowest BCUT2D eigenvalue weighted by molar-refractivity contribution is -0.141. The van der Waals surface area contributed by atoms with Crippen molar-refractivity contribution in [2.45, 2.75) is 77.4 Å². The van der Waals surface area contributed by atoms with Crippen LogP contribution in [0.4, 0.5) is 0 Å². The van der Waals surface area contributed by atoms with Crippen LogP contribution in [0.15, 0.2) is 48.5 Å². The predicted molar refractivity (Wildman–Crippen MR) is 126 cm³/mol. The maximum Gasteiger partial charge on any atom is 0.242 e. The Morgan fingerprint density at radius 1 is 1.10 bits per heavy atom. The Morgan fingerprint density at radius 3 is 2.55 bits per heavy atom. The molecule has 166 valence electrons. The van der Waals surface area contributed by atoms with Crippen molar-refractivity contribution in [1.82, 2.24) is 10.2 Å². The Bertz CT molecular complexity index is 892. The smallest absolute Gasteiger partial charge is 0.242 e. The summed E-state index contributed by atoms with van der Waals surface area (Å²) in [5, 5.41) is 3.85. The van der Waals surface area contributed by atoms with E-state index in [9.17, 15) is 9.59 Å². The van der Waals surface area contributed by atoms with E-state index >= 15 is 0 Å². The number of rotatable bonds is 8. The van der Waals surface area contributed by atoms with Gasteiger partial charge in [-0.1, -0.05) is 78.9 Å². The molecule has 1 unspecified atom stereocenters. The molecule has 0 aromatic heterocycles. The summed E-state index contributed by atoms with van der Waals surface area (Å²) in [6, 6.07) is 15.4. The first-order valence-electron chi connectivity index (χ1n) is 11.3. The van der Waals surface area contributed by atoms with Gasteiger partial charge in [0.15, 0.2) is 0 Å². The summed E-state index contributed by atoms with van der Waals surface area (Å²) in [6.45, 7) is 4.29. The van der Waals surface area contributed by atoms with Crippen LogP contribution in [0.25, 0.3) is 0 Å². The first kappa shape index (κ1) is 23.3. The van der Waals surface area contributed by atoms with Crippen LogP contribution in [0.2, 0.25) is 5.02 Å². The van der Waals surface area contributed by atoms with Crippen molar-refractivity contribution in [2.24, 2.45) is 0 Å². The predicted octanol–water partition coefficient (Wildman–Crippen LogP) is 5.45. The number of benzene rings is 2. The molecule has 2 aromatic carbocycles. The quantitative estimate of drug-likeness (QED) is 0.593. The van der Waals surface area contributed by atoms with Crippen LogP contribution in [0, 0.1) is 6.92 Å². The molecule has 1 N–H and O–H groups in total. The van der Waals surface area contributed by atoms with Gasteiger partial charge in [0.1, 0.15) is 6.04 Å². The maximum atomic E-state index is 13.3. The highest BCUT2D eigenvalue weighted by molar-refractivity contribution is 6.31. The van der Waals surface area contributed by atoms with Gasteiger partial charge in [-0.3, -0.25) is 9.59 Å². The van der Waals surface area contributed by atoms with Gasteiger partial charge in [0.05, 0.1) is 0 Å². The van der Waals surface area contributed by atoms with E-state index in [0.29, 0.717) is 24.4 Å². The molecule has 0 bridgehead atoms. The molecule has 0 saturated heterocycles. The number of hydrogen-bond acceptors (Lipinski definition) is 2. The summed E-state index contributed by atoms with van der Waals surface area (Å²) < 4.78 is 0. The fourth-order valence-corrected chi connectivity index (χ4v) is 4.48. The highest BCUT2D eigenvalue weighted by Gasteiger charge is 2.28. The minimum atomic E-state index is -0.527. The lowest BCUT2D eigenvalue weighted by Crippen LogP contribution is -2.50. The summed E-state index contributed by atoms with van der Waals surface area (Å²) in [4.78, 5) is 28.0. The second-order valence-electron chi connectivity index (χ2n) is 8.62. The normalized spacial score (nSPS) is 15.3. The monoisotopic (exact) mass is 440 g/mol. The summed E-state index contributed by atoms with van der Waals surface area (Å²) in [6.07, 6.45) is 6.47. The Balaban J connectivity index is 1.71. The molecule has 1 atom stereocenters. The van der Waals surface area contributed by atoms with Gasteiger partial charge in [0, 0.05) is 24.0 Å². The summed E-state index contributed by atoms with van der Waals surface area (Å²) in [5.74, 6) is -0.0987. The Hall–Kier alpha value is -2.33. The van der Waals surface area contributed by atoms with Gasteiger partial charge in [-0.05, 0) is 50.3 Å². The van der Waals surface area contributed by atoms with Crippen LogP contribution < -0.4 is 5.32 Å². The molecule has 4 nitrogen and oxygen atoms in total. The number of halogens is 1. The highest BCUT2D eigenvalue weighted by Crippen LogP contribution is 2.20. The van der Waals surface area contributed by atoms with Gasteiger partial charge in [-0.25, -0.2) is 0 Å². The summed E-state index contributed by atoms with van der Waals surface area (Å²) in [5.41, 5.74) is 3.12. The maximum absolute atomic E-state index is 13.3. The summed E-state index contributed by atoms with van der Waals surface area (Å²) in [7, 11) is 0. The topological polar surface area (TPSA) is 49.4 Å². The van der Waals surface area contributed by atoms with Crippen molar-refractivity contribution in [3.05, 3.63) is 70.2 Å². The van der Waals surface area contributed by atoms with E-state index in [1.807, 2.05) is 56.3 Å². The number of nitrogens with zero attached hydrogens (tertiary/aromatic N) is 1. The van der Waals surface area contributed by atoms with E-state index in [1.54, 1.807) is 4.90 Å². The highest BCUT2D eigenvalue weighted by atomic mass is 35.5. The number of amides is 2. The zero-order valence-electron chi connectivity index (χ0n) is 18.6. The third kappa shape index (κ3) is 6.83. The first-order valence-corrected chi connectivity index (χ1v) is 11.7. The lowest BCUT2D eigenvalue weighted by atomic mass is 9.95. The van der Waals surface area contributed by atoms with Gasteiger partial charge in [-0.2, -0.15) is 0 Å². The average Bonchev–Trinajstić information content (AvgIpc) is 2.77. The average molecular weight is 441 g/mol. The third-order valence-corrected chi connectivity index (χ3v) is 6.49. The number of aryl methyl sites for hydroxylation is 2. The van der Waals surface area contributed by atoms with Crippen LogP contribution in [0.1, 0.15) is 62.1 Å². The van der Waals surface area contributed by atoms with Gasteiger partial charge in [0.2, 0.25) is 11.8 Å². The van der Waals surface area contributed by atoms with E-state index < -0.39 is 6.04 Å². The molecule has 1 saturated carbocycles. The molecule has 5 heteroatoms. The van der Waals surface area contributed by atoms with E-state index in [0.717, 1.165) is 42.4 Å². The van der Waals surface area contributed by atoms with Crippen molar-refractivity contribution in [1.29, 1.82) is 0 Å². The fraction of sp³-hybridized carbons (Fsp3) is 0.462. The van der Waals surface area contributed by atoms with E-state index in [-0.39, 0.29) is 17.9 Å². The van der Waals surface area contributed by atoms with E-state index in [2.05, 4.69) is 11.4 Å². The van der Waals surface area contributed by atoms with E-state index in [4.69, 9.17) is 11.6 Å². The molecule has 0 aliphatic heterocycles. The number of nitrogens with one attached hydrogen (secondary N) is 1. The fourth-order valence-electron chi connectivity index (χ4n) is 4.24. The minimum Gasteiger partial charge on any atom is -0.352 e. The van der Waals surface area contributed by atoms with Gasteiger partial charge < -0.3 is 10.2 Å². The molecule has 0 radical (unpaired) electrons. The van der Waals surface area contributed by atoms with Gasteiger partial charge in [0.25, 0.3) is 0 Å². The zero-order chi connectivity index (χ0) is 22.2. The third-order valence-electron chi connectivity index (χ3n) is 6.12. The van der Waals surface area contributed by atoms with Gasteiger partial charge in [-0.15, -0.1) is 0 Å². The van der Waals surface area contributed by atoms with Gasteiger partial charge >= 0.3 is 0 Å². The molecular formula is C26H33ClN2O2. The Labute approximate surface area is 191 Å². The molecule has 0 spiro atoms. The molecule has 1 fully saturated rings. The summed E-state index contributed by atoms with van der Waals surface area (Å²) >= 11 is 6.27. The molecule has 2 aromatic rings.